The van der Waals surface area contributed by atoms with Gasteiger partial charge in [0.05, 0.1) is 11.6 Å². The van der Waals surface area contributed by atoms with Crippen molar-refractivity contribution in [3.8, 4) is 0 Å². The van der Waals surface area contributed by atoms with E-state index in [1.807, 2.05) is 6.92 Å². The van der Waals surface area contributed by atoms with Gasteiger partial charge in [-0.25, -0.2) is 8.78 Å². The summed E-state index contributed by atoms with van der Waals surface area (Å²) in [5.41, 5.74) is -0.120. The SMILES string of the molecule is CCCNC(c1cccc(F)c1F)C1(C)CCCCO1. The molecule has 2 rings (SSSR count). The lowest BCUT2D eigenvalue weighted by Crippen LogP contribution is -2.46. The van der Waals surface area contributed by atoms with E-state index < -0.39 is 17.2 Å². The standard InChI is InChI=1S/C16H23F2NO/c1-3-10-19-15(16(2)9-4-5-11-20-16)12-7-6-8-13(17)14(12)18/h6-8,15,19H,3-5,9-11H2,1-2H3. The number of rotatable bonds is 5. The second-order valence-electron chi connectivity index (χ2n) is 5.65. The second-order valence-corrected chi connectivity index (χ2v) is 5.65. The van der Waals surface area contributed by atoms with Crippen LogP contribution in [-0.4, -0.2) is 18.8 Å². The summed E-state index contributed by atoms with van der Waals surface area (Å²) in [5.74, 6) is -1.57. The van der Waals surface area contributed by atoms with Gasteiger partial charge in [0.15, 0.2) is 11.6 Å². The Balaban J connectivity index is 2.33. The van der Waals surface area contributed by atoms with Crippen molar-refractivity contribution >= 4 is 0 Å². The Kier molecular flexibility index (Phi) is 5.11. The first-order valence-corrected chi connectivity index (χ1v) is 7.40. The normalized spacial score (nSPS) is 24.6. The minimum Gasteiger partial charge on any atom is -0.373 e. The van der Waals surface area contributed by atoms with Gasteiger partial charge in [0.25, 0.3) is 0 Å². The van der Waals surface area contributed by atoms with Gasteiger partial charge in [-0.1, -0.05) is 19.1 Å². The quantitative estimate of drug-likeness (QED) is 0.883. The molecule has 2 unspecified atom stereocenters. The van der Waals surface area contributed by atoms with E-state index in [0.717, 1.165) is 38.3 Å². The van der Waals surface area contributed by atoms with Gasteiger partial charge in [-0.2, -0.15) is 0 Å². The third kappa shape index (κ3) is 3.18. The molecule has 0 spiro atoms. The fourth-order valence-electron chi connectivity index (χ4n) is 2.87. The number of halogens is 2. The van der Waals surface area contributed by atoms with Gasteiger partial charge in [-0.15, -0.1) is 0 Å². The molecule has 2 nitrogen and oxygen atoms in total. The van der Waals surface area contributed by atoms with E-state index in [1.54, 1.807) is 12.1 Å². The monoisotopic (exact) mass is 283 g/mol. The van der Waals surface area contributed by atoms with Crippen molar-refractivity contribution in [1.82, 2.24) is 5.32 Å². The molecule has 0 saturated carbocycles. The Bertz CT molecular complexity index is 444. The number of ether oxygens (including phenoxy) is 1. The summed E-state index contributed by atoms with van der Waals surface area (Å²) in [4.78, 5) is 0. The Hall–Kier alpha value is -1.00. The largest absolute Gasteiger partial charge is 0.373 e. The summed E-state index contributed by atoms with van der Waals surface area (Å²) in [6.45, 7) is 5.47. The van der Waals surface area contributed by atoms with Gasteiger partial charge in [-0.05, 0) is 45.2 Å². The molecule has 1 saturated heterocycles. The number of nitrogens with one attached hydrogen (secondary N) is 1. The van der Waals surface area contributed by atoms with Crippen molar-refractivity contribution < 1.29 is 13.5 Å². The van der Waals surface area contributed by atoms with Crippen LogP contribution in [0.3, 0.4) is 0 Å². The lowest BCUT2D eigenvalue weighted by molar-refractivity contribution is -0.0904. The summed E-state index contributed by atoms with van der Waals surface area (Å²) in [6, 6.07) is 4.04. The van der Waals surface area contributed by atoms with Gasteiger partial charge >= 0.3 is 0 Å². The lowest BCUT2D eigenvalue weighted by Gasteiger charge is -2.41. The Labute approximate surface area is 119 Å². The highest BCUT2D eigenvalue weighted by atomic mass is 19.2. The van der Waals surface area contributed by atoms with E-state index >= 15 is 0 Å². The molecular weight excluding hydrogens is 260 g/mol. The van der Waals surface area contributed by atoms with Crippen molar-refractivity contribution in [3.63, 3.8) is 0 Å². The molecule has 1 N–H and O–H groups in total. The minimum atomic E-state index is -0.801. The lowest BCUT2D eigenvalue weighted by atomic mass is 9.83. The minimum absolute atomic E-state index is 0.321. The van der Waals surface area contributed by atoms with Crippen LogP contribution in [0.1, 0.15) is 51.1 Å². The van der Waals surface area contributed by atoms with Crippen molar-refractivity contribution in [1.29, 1.82) is 0 Å². The zero-order valence-corrected chi connectivity index (χ0v) is 12.2. The highest BCUT2D eigenvalue weighted by Gasteiger charge is 2.39. The van der Waals surface area contributed by atoms with E-state index in [4.69, 9.17) is 4.74 Å². The van der Waals surface area contributed by atoms with Gasteiger partial charge in [0.2, 0.25) is 0 Å². The number of benzene rings is 1. The highest BCUT2D eigenvalue weighted by Crippen LogP contribution is 2.37. The molecule has 1 aliphatic heterocycles. The molecule has 0 aromatic heterocycles. The molecule has 0 aliphatic carbocycles. The van der Waals surface area contributed by atoms with Crippen molar-refractivity contribution in [2.75, 3.05) is 13.2 Å². The predicted octanol–water partition coefficient (Wildman–Crippen LogP) is 3.96. The molecule has 4 heteroatoms. The molecule has 2 atom stereocenters. The predicted molar refractivity (Wildman–Crippen MR) is 75.6 cm³/mol. The first-order valence-electron chi connectivity index (χ1n) is 7.40. The molecular formula is C16H23F2NO. The molecule has 0 amide bonds. The van der Waals surface area contributed by atoms with Crippen LogP contribution in [-0.2, 0) is 4.74 Å². The molecule has 1 heterocycles. The van der Waals surface area contributed by atoms with E-state index in [0.29, 0.717) is 12.2 Å². The van der Waals surface area contributed by atoms with Gasteiger partial charge in [0.1, 0.15) is 0 Å². The van der Waals surface area contributed by atoms with E-state index in [-0.39, 0.29) is 6.04 Å². The van der Waals surface area contributed by atoms with Crippen LogP contribution in [0.5, 0.6) is 0 Å². The fraction of sp³-hybridized carbons (Fsp3) is 0.625. The highest BCUT2D eigenvalue weighted by molar-refractivity contribution is 5.25. The molecule has 1 aromatic rings. The van der Waals surface area contributed by atoms with E-state index in [9.17, 15) is 8.78 Å². The Morgan fingerprint density at radius 2 is 2.15 bits per heavy atom. The van der Waals surface area contributed by atoms with Crippen LogP contribution in [0.2, 0.25) is 0 Å². The third-order valence-corrected chi connectivity index (χ3v) is 4.00. The Morgan fingerprint density at radius 3 is 2.80 bits per heavy atom. The van der Waals surface area contributed by atoms with E-state index in [1.165, 1.54) is 0 Å². The maximum atomic E-state index is 14.1. The average Bonchev–Trinajstić information content (AvgIpc) is 2.44. The van der Waals surface area contributed by atoms with Crippen LogP contribution in [0.25, 0.3) is 0 Å². The van der Waals surface area contributed by atoms with Crippen LogP contribution in [0.4, 0.5) is 8.78 Å². The Morgan fingerprint density at radius 1 is 1.35 bits per heavy atom. The van der Waals surface area contributed by atoms with Gasteiger partial charge in [-0.3, -0.25) is 0 Å². The molecule has 1 aromatic carbocycles. The molecule has 1 fully saturated rings. The topological polar surface area (TPSA) is 21.3 Å². The first kappa shape index (κ1) is 15.4. The molecule has 0 bridgehead atoms. The smallest absolute Gasteiger partial charge is 0.163 e. The zero-order chi connectivity index (χ0) is 14.6. The molecule has 0 radical (unpaired) electrons. The third-order valence-electron chi connectivity index (χ3n) is 4.00. The van der Waals surface area contributed by atoms with E-state index in [2.05, 4.69) is 12.2 Å². The first-order chi connectivity index (χ1) is 9.58. The van der Waals surface area contributed by atoms with Crippen LogP contribution in [0, 0.1) is 11.6 Å². The molecule has 112 valence electrons. The maximum Gasteiger partial charge on any atom is 0.163 e. The number of hydrogen-bond donors (Lipinski definition) is 1. The van der Waals surface area contributed by atoms with Gasteiger partial charge in [0, 0.05) is 12.2 Å². The molecule has 20 heavy (non-hydrogen) atoms. The molecule has 1 aliphatic rings. The average molecular weight is 283 g/mol. The maximum absolute atomic E-state index is 14.1. The van der Waals surface area contributed by atoms with Crippen LogP contribution in [0.15, 0.2) is 18.2 Å². The van der Waals surface area contributed by atoms with Crippen molar-refractivity contribution in [3.05, 3.63) is 35.4 Å². The zero-order valence-electron chi connectivity index (χ0n) is 12.2. The fourth-order valence-corrected chi connectivity index (χ4v) is 2.87. The summed E-state index contributed by atoms with van der Waals surface area (Å²) in [7, 11) is 0. The number of hydrogen-bond acceptors (Lipinski definition) is 2. The van der Waals surface area contributed by atoms with Crippen LogP contribution < -0.4 is 5.32 Å². The second kappa shape index (κ2) is 6.64. The summed E-state index contributed by atoms with van der Waals surface area (Å²) in [6.07, 6.45) is 3.87. The summed E-state index contributed by atoms with van der Waals surface area (Å²) in [5, 5.41) is 3.33. The van der Waals surface area contributed by atoms with Crippen LogP contribution >= 0.6 is 0 Å². The van der Waals surface area contributed by atoms with Crippen molar-refractivity contribution in [2.24, 2.45) is 0 Å². The van der Waals surface area contributed by atoms with Gasteiger partial charge < -0.3 is 10.1 Å². The summed E-state index contributed by atoms with van der Waals surface area (Å²) < 4.78 is 33.6. The van der Waals surface area contributed by atoms with Crippen molar-refractivity contribution in [2.45, 2.75) is 51.2 Å². The summed E-state index contributed by atoms with van der Waals surface area (Å²) >= 11 is 0.